The van der Waals surface area contributed by atoms with Gasteiger partial charge in [0.2, 0.25) is 0 Å². The van der Waals surface area contributed by atoms with Crippen LogP contribution in [0.15, 0.2) is 58.6 Å². The number of hydrogen-bond acceptors (Lipinski definition) is 8. The monoisotopic (exact) mass is 652 g/mol. The van der Waals surface area contributed by atoms with E-state index >= 15 is 0 Å². The smallest absolute Gasteiger partial charge is 0.180 e. The van der Waals surface area contributed by atoms with Crippen molar-refractivity contribution in [2.75, 3.05) is 0 Å². The van der Waals surface area contributed by atoms with Crippen LogP contribution in [0.25, 0.3) is 33.5 Å². The molecule has 3 aromatic heterocycles. The number of aromatic nitrogens is 8. The summed E-state index contributed by atoms with van der Waals surface area (Å²) in [5, 5.41) is 27.8. The third-order valence-electron chi connectivity index (χ3n) is 9.17. The highest BCUT2D eigenvalue weighted by Gasteiger charge is 2.27. The van der Waals surface area contributed by atoms with Crippen molar-refractivity contribution in [3.63, 3.8) is 0 Å². The van der Waals surface area contributed by atoms with E-state index in [1.54, 1.807) is 0 Å². The molecular weight excluding hydrogens is 609 g/mol. The van der Waals surface area contributed by atoms with Gasteiger partial charge in [-0.15, -0.1) is 15.3 Å². The van der Waals surface area contributed by atoms with Crippen LogP contribution in [0.3, 0.4) is 0 Å². The van der Waals surface area contributed by atoms with Crippen molar-refractivity contribution < 1.29 is 0 Å². The standard InChI is InChI=1S/C36H44N8S2/c1-36(2,3)22-30-37-31-32(35(46-27-14-8-5-9-15-27)41-40-34(31)45-26-12-6-4-7-13-26)44(30)23-24-18-20-25(21-19-24)28-16-10-11-17-29(28)33-38-42-43-39-33/h10-11,16-21,26-27H,4-9,12-15,22-23H2,1-3H3,(H,38,39,42,43). The van der Waals surface area contributed by atoms with Crippen molar-refractivity contribution in [2.24, 2.45) is 5.41 Å². The maximum atomic E-state index is 5.42. The molecule has 7 rings (SSSR count). The van der Waals surface area contributed by atoms with E-state index < -0.39 is 0 Å². The molecule has 2 aliphatic rings. The summed E-state index contributed by atoms with van der Waals surface area (Å²) in [6, 6.07) is 17.2. The van der Waals surface area contributed by atoms with Crippen LogP contribution in [0.5, 0.6) is 0 Å². The first-order chi connectivity index (χ1) is 22.4. The van der Waals surface area contributed by atoms with Crippen molar-refractivity contribution in [3.05, 3.63) is 59.9 Å². The number of benzene rings is 2. The Morgan fingerprint density at radius 2 is 1.39 bits per heavy atom. The number of nitrogens with one attached hydrogen (secondary N) is 1. The second kappa shape index (κ2) is 13.9. The second-order valence-electron chi connectivity index (χ2n) is 14.1. The Kier molecular flexibility index (Phi) is 9.45. The highest BCUT2D eigenvalue weighted by Crippen LogP contribution is 2.41. The van der Waals surface area contributed by atoms with Crippen molar-refractivity contribution in [1.29, 1.82) is 0 Å². The summed E-state index contributed by atoms with van der Waals surface area (Å²) in [6.45, 7) is 7.66. The number of nitrogens with zero attached hydrogens (tertiary/aromatic N) is 7. The molecule has 8 nitrogen and oxygen atoms in total. The van der Waals surface area contributed by atoms with Gasteiger partial charge in [-0.05, 0) is 58.2 Å². The van der Waals surface area contributed by atoms with Gasteiger partial charge in [-0.3, -0.25) is 0 Å². The molecule has 0 atom stereocenters. The summed E-state index contributed by atoms with van der Waals surface area (Å²) in [5.74, 6) is 1.79. The fourth-order valence-electron chi connectivity index (χ4n) is 6.86. The minimum atomic E-state index is 0.0937. The molecule has 46 heavy (non-hydrogen) atoms. The Bertz CT molecular complexity index is 1750. The summed E-state index contributed by atoms with van der Waals surface area (Å²) in [4.78, 5) is 5.42. The minimum absolute atomic E-state index is 0.0937. The predicted octanol–water partition coefficient (Wildman–Crippen LogP) is 9.16. The molecule has 0 saturated heterocycles. The molecule has 2 saturated carbocycles. The van der Waals surface area contributed by atoms with Crippen LogP contribution in [-0.2, 0) is 13.0 Å². The van der Waals surface area contributed by atoms with Gasteiger partial charge in [0.1, 0.15) is 26.9 Å². The van der Waals surface area contributed by atoms with Crippen LogP contribution >= 0.6 is 23.5 Å². The molecule has 1 N–H and O–H groups in total. The van der Waals surface area contributed by atoms with E-state index in [0.29, 0.717) is 16.3 Å². The highest BCUT2D eigenvalue weighted by molar-refractivity contribution is 8.00. The zero-order valence-corrected chi connectivity index (χ0v) is 28.8. The number of H-pyrrole nitrogens is 1. The Hall–Kier alpha value is -3.24. The van der Waals surface area contributed by atoms with Gasteiger partial charge in [-0.25, -0.2) is 10.1 Å². The molecule has 2 fully saturated rings. The number of aromatic amines is 1. The molecule has 240 valence electrons. The molecule has 3 heterocycles. The van der Waals surface area contributed by atoms with Crippen LogP contribution in [0.2, 0.25) is 0 Å². The van der Waals surface area contributed by atoms with Crippen molar-refractivity contribution >= 4 is 34.6 Å². The average molecular weight is 653 g/mol. The molecule has 0 amide bonds. The maximum absolute atomic E-state index is 5.42. The predicted molar refractivity (Wildman–Crippen MR) is 188 cm³/mol. The van der Waals surface area contributed by atoms with Crippen molar-refractivity contribution in [1.82, 2.24) is 40.4 Å². The second-order valence-corrected chi connectivity index (χ2v) is 16.7. The number of thioether (sulfide) groups is 2. The Balaban J connectivity index is 1.28. The van der Waals surface area contributed by atoms with E-state index in [4.69, 9.17) is 15.2 Å². The topological polar surface area (TPSA) is 98.1 Å². The van der Waals surface area contributed by atoms with Crippen LogP contribution in [0.4, 0.5) is 0 Å². The summed E-state index contributed by atoms with van der Waals surface area (Å²) in [7, 11) is 0. The summed E-state index contributed by atoms with van der Waals surface area (Å²) in [5.41, 5.74) is 6.77. The van der Waals surface area contributed by atoms with Gasteiger partial charge >= 0.3 is 0 Å². The third kappa shape index (κ3) is 7.18. The first-order valence-electron chi connectivity index (χ1n) is 16.9. The lowest BCUT2D eigenvalue weighted by molar-refractivity contribution is 0.394. The SMILES string of the molecule is CC(C)(C)Cc1nc2c(SC3CCCCC3)nnc(SC3CCCCC3)c2n1Cc1ccc(-c2ccccc2-c2nnn[nH]2)cc1. The molecule has 0 aliphatic heterocycles. The van der Waals surface area contributed by atoms with E-state index in [9.17, 15) is 0 Å². The summed E-state index contributed by atoms with van der Waals surface area (Å²) in [6.07, 6.45) is 13.8. The van der Waals surface area contributed by atoms with E-state index in [1.165, 1.54) is 75.3 Å². The zero-order chi connectivity index (χ0) is 31.5. The third-order valence-corrected chi connectivity index (χ3v) is 11.8. The highest BCUT2D eigenvalue weighted by atomic mass is 32.2. The maximum Gasteiger partial charge on any atom is 0.180 e. The number of tetrazole rings is 1. The van der Waals surface area contributed by atoms with E-state index in [0.717, 1.165) is 51.0 Å². The molecule has 5 aromatic rings. The van der Waals surface area contributed by atoms with Crippen LogP contribution in [0, 0.1) is 5.41 Å². The first kappa shape index (κ1) is 31.4. The summed E-state index contributed by atoms with van der Waals surface area (Å²) < 4.78 is 2.47. The van der Waals surface area contributed by atoms with Crippen molar-refractivity contribution in [3.8, 4) is 22.5 Å². The number of fused-ring (bicyclic) bond motifs is 1. The van der Waals surface area contributed by atoms with Gasteiger partial charge < -0.3 is 4.57 Å². The van der Waals surface area contributed by atoms with Gasteiger partial charge in [-0.2, -0.15) is 0 Å². The van der Waals surface area contributed by atoms with E-state index in [2.05, 4.69) is 88.4 Å². The fraction of sp³-hybridized carbons (Fsp3) is 0.500. The van der Waals surface area contributed by atoms with E-state index in [1.807, 2.05) is 29.6 Å². The number of rotatable bonds is 9. The van der Waals surface area contributed by atoms with Crippen molar-refractivity contribution in [2.45, 2.75) is 118 Å². The van der Waals surface area contributed by atoms with Gasteiger partial charge in [0.25, 0.3) is 0 Å². The van der Waals surface area contributed by atoms with Gasteiger partial charge in [0.15, 0.2) is 5.82 Å². The van der Waals surface area contributed by atoms with Crippen LogP contribution < -0.4 is 0 Å². The lowest BCUT2D eigenvalue weighted by Crippen LogP contribution is -2.15. The molecule has 0 spiro atoms. The molecule has 0 radical (unpaired) electrons. The zero-order valence-electron chi connectivity index (χ0n) is 27.2. The Morgan fingerprint density at radius 3 is 2.02 bits per heavy atom. The molecule has 2 aliphatic carbocycles. The Morgan fingerprint density at radius 1 is 0.761 bits per heavy atom. The molecule has 2 aromatic carbocycles. The molecule has 0 unspecified atom stereocenters. The van der Waals surface area contributed by atoms with Crippen LogP contribution in [-0.4, -0.2) is 50.9 Å². The van der Waals surface area contributed by atoms with Gasteiger partial charge in [0, 0.05) is 29.0 Å². The summed E-state index contributed by atoms with van der Waals surface area (Å²) >= 11 is 3.86. The largest absolute Gasteiger partial charge is 0.321 e. The average Bonchev–Trinajstić information content (AvgIpc) is 3.72. The number of hydrogen-bond donors (Lipinski definition) is 1. The number of imidazole rings is 1. The van der Waals surface area contributed by atoms with Gasteiger partial charge in [0.05, 0.1) is 0 Å². The quantitative estimate of drug-likeness (QED) is 0.168. The lowest BCUT2D eigenvalue weighted by atomic mass is 9.92. The van der Waals surface area contributed by atoms with Gasteiger partial charge in [-0.1, -0.05) is 131 Å². The fourth-order valence-corrected chi connectivity index (χ4v) is 9.38. The lowest BCUT2D eigenvalue weighted by Gasteiger charge is -2.22. The molecular formula is C36H44N8S2. The molecule has 10 heteroatoms. The Labute approximate surface area is 280 Å². The van der Waals surface area contributed by atoms with E-state index in [-0.39, 0.29) is 5.41 Å². The minimum Gasteiger partial charge on any atom is -0.321 e. The normalized spacial score (nSPS) is 16.8. The first-order valence-corrected chi connectivity index (χ1v) is 18.7. The van der Waals surface area contributed by atoms with Crippen LogP contribution in [0.1, 0.15) is 96.4 Å². The molecule has 0 bridgehead atoms.